The standard InChI is InChI=1S/C21H27FN2O3S/c1-4-20(24(28(3,26)27)19-13-7-16(2)8-14-19)21(25)23-15-5-6-17-9-11-18(22)12-10-17/h7-14,20H,4-6,15H2,1-3H3,(H,23,25)/t20-/m0/s1. The van der Waals surface area contributed by atoms with E-state index < -0.39 is 16.1 Å². The molecule has 0 aliphatic carbocycles. The number of hydrogen-bond donors (Lipinski definition) is 1. The van der Waals surface area contributed by atoms with Gasteiger partial charge in [0.05, 0.1) is 11.9 Å². The number of hydrogen-bond acceptors (Lipinski definition) is 3. The van der Waals surface area contributed by atoms with Crippen LogP contribution < -0.4 is 9.62 Å². The summed E-state index contributed by atoms with van der Waals surface area (Å²) >= 11 is 0. The number of anilines is 1. The molecule has 0 fully saturated rings. The Bertz CT molecular complexity index is 881. The third-order valence-electron chi connectivity index (χ3n) is 4.47. The van der Waals surface area contributed by atoms with Crippen LogP contribution in [0.5, 0.6) is 0 Å². The van der Waals surface area contributed by atoms with Gasteiger partial charge in [0.1, 0.15) is 11.9 Å². The molecule has 2 aromatic carbocycles. The number of carbonyl (C=O) groups excluding carboxylic acids is 1. The smallest absolute Gasteiger partial charge is 0.243 e. The lowest BCUT2D eigenvalue weighted by Gasteiger charge is -2.30. The third kappa shape index (κ3) is 6.05. The topological polar surface area (TPSA) is 66.5 Å². The van der Waals surface area contributed by atoms with Gasteiger partial charge < -0.3 is 5.32 Å². The van der Waals surface area contributed by atoms with E-state index in [1.807, 2.05) is 19.1 Å². The fourth-order valence-electron chi connectivity index (χ4n) is 3.02. The van der Waals surface area contributed by atoms with Gasteiger partial charge in [0, 0.05) is 6.54 Å². The van der Waals surface area contributed by atoms with Crippen LogP contribution in [-0.2, 0) is 21.2 Å². The highest BCUT2D eigenvalue weighted by atomic mass is 32.2. The minimum atomic E-state index is -3.63. The first kappa shape index (κ1) is 21.9. The van der Waals surface area contributed by atoms with E-state index in [1.54, 1.807) is 31.2 Å². The molecule has 2 aromatic rings. The SMILES string of the molecule is CC[C@@H](C(=O)NCCCc1ccc(F)cc1)N(c1ccc(C)cc1)S(C)(=O)=O. The summed E-state index contributed by atoms with van der Waals surface area (Å²) in [6.45, 7) is 4.12. The Labute approximate surface area is 166 Å². The summed E-state index contributed by atoms with van der Waals surface area (Å²) in [6, 6.07) is 12.5. The number of benzene rings is 2. The van der Waals surface area contributed by atoms with Crippen molar-refractivity contribution in [2.45, 2.75) is 39.2 Å². The second-order valence-electron chi connectivity index (χ2n) is 6.84. The Kier molecular flexibility index (Phi) is 7.57. The number of halogens is 1. The summed E-state index contributed by atoms with van der Waals surface area (Å²) in [5, 5.41) is 2.83. The van der Waals surface area contributed by atoms with Crippen LogP contribution in [0.1, 0.15) is 30.9 Å². The van der Waals surface area contributed by atoms with E-state index in [2.05, 4.69) is 5.32 Å². The van der Waals surface area contributed by atoms with Gasteiger partial charge in [-0.05, 0) is 56.0 Å². The van der Waals surface area contributed by atoms with Crippen LogP contribution in [0.25, 0.3) is 0 Å². The number of nitrogens with zero attached hydrogens (tertiary/aromatic N) is 1. The van der Waals surface area contributed by atoms with E-state index in [1.165, 1.54) is 16.4 Å². The van der Waals surface area contributed by atoms with Crippen LogP contribution in [0.4, 0.5) is 10.1 Å². The summed E-state index contributed by atoms with van der Waals surface area (Å²) in [4.78, 5) is 12.7. The van der Waals surface area contributed by atoms with Crippen molar-refractivity contribution in [3.8, 4) is 0 Å². The summed E-state index contributed by atoms with van der Waals surface area (Å²) in [7, 11) is -3.63. The first-order valence-corrected chi connectivity index (χ1v) is 11.2. The zero-order valence-corrected chi connectivity index (χ0v) is 17.3. The maximum atomic E-state index is 12.9. The van der Waals surface area contributed by atoms with Gasteiger partial charge in [-0.1, -0.05) is 36.8 Å². The molecule has 0 aliphatic rings. The molecule has 28 heavy (non-hydrogen) atoms. The molecule has 5 nitrogen and oxygen atoms in total. The van der Waals surface area contributed by atoms with Crippen LogP contribution in [-0.4, -0.2) is 33.2 Å². The Morgan fingerprint density at radius 3 is 2.25 bits per heavy atom. The largest absolute Gasteiger partial charge is 0.354 e. The van der Waals surface area contributed by atoms with Gasteiger partial charge in [-0.3, -0.25) is 9.10 Å². The highest BCUT2D eigenvalue weighted by Crippen LogP contribution is 2.23. The summed E-state index contributed by atoms with van der Waals surface area (Å²) in [6.07, 6.45) is 2.84. The van der Waals surface area contributed by atoms with Gasteiger partial charge in [-0.15, -0.1) is 0 Å². The summed E-state index contributed by atoms with van der Waals surface area (Å²) in [5.74, 6) is -0.604. The maximum absolute atomic E-state index is 12.9. The number of amides is 1. The van der Waals surface area contributed by atoms with Crippen molar-refractivity contribution in [3.63, 3.8) is 0 Å². The van der Waals surface area contributed by atoms with Crippen LogP contribution in [0.2, 0.25) is 0 Å². The second kappa shape index (κ2) is 9.68. The number of rotatable bonds is 9. The number of nitrogens with one attached hydrogen (secondary N) is 1. The predicted molar refractivity (Wildman–Crippen MR) is 110 cm³/mol. The molecule has 1 amide bonds. The second-order valence-corrected chi connectivity index (χ2v) is 8.70. The quantitative estimate of drug-likeness (QED) is 0.649. The van der Waals surface area contributed by atoms with Crippen molar-refractivity contribution in [1.82, 2.24) is 5.32 Å². The first-order chi connectivity index (χ1) is 13.2. The summed E-state index contributed by atoms with van der Waals surface area (Å²) in [5.41, 5.74) is 2.47. The zero-order chi connectivity index (χ0) is 20.7. The van der Waals surface area contributed by atoms with Gasteiger partial charge in [-0.25, -0.2) is 12.8 Å². The van der Waals surface area contributed by atoms with Gasteiger partial charge in [0.15, 0.2) is 0 Å². The van der Waals surface area contributed by atoms with Crippen molar-refractivity contribution in [2.75, 3.05) is 17.1 Å². The van der Waals surface area contributed by atoms with Crippen molar-refractivity contribution in [2.24, 2.45) is 0 Å². The van der Waals surface area contributed by atoms with Crippen molar-refractivity contribution in [1.29, 1.82) is 0 Å². The molecule has 0 saturated heterocycles. The van der Waals surface area contributed by atoms with E-state index in [9.17, 15) is 17.6 Å². The first-order valence-electron chi connectivity index (χ1n) is 9.30. The average molecular weight is 407 g/mol. The van der Waals surface area contributed by atoms with E-state index >= 15 is 0 Å². The molecule has 0 saturated carbocycles. The fraction of sp³-hybridized carbons (Fsp3) is 0.381. The minimum absolute atomic E-state index is 0.278. The molecular formula is C21H27FN2O3S. The highest BCUT2D eigenvalue weighted by molar-refractivity contribution is 7.92. The molecule has 0 unspecified atom stereocenters. The molecule has 0 aromatic heterocycles. The average Bonchev–Trinajstić information content (AvgIpc) is 2.64. The molecule has 1 atom stereocenters. The van der Waals surface area contributed by atoms with E-state index in [0.717, 1.165) is 17.4 Å². The lowest BCUT2D eigenvalue weighted by molar-refractivity contribution is -0.122. The Balaban J connectivity index is 2.02. The molecule has 7 heteroatoms. The lowest BCUT2D eigenvalue weighted by Crippen LogP contribution is -2.49. The maximum Gasteiger partial charge on any atom is 0.243 e. The van der Waals surface area contributed by atoms with Crippen LogP contribution in [0, 0.1) is 12.7 Å². The third-order valence-corrected chi connectivity index (χ3v) is 5.65. The van der Waals surface area contributed by atoms with Crippen LogP contribution in [0.3, 0.4) is 0 Å². The van der Waals surface area contributed by atoms with Gasteiger partial charge in [-0.2, -0.15) is 0 Å². The molecular weight excluding hydrogens is 379 g/mol. The van der Waals surface area contributed by atoms with E-state index in [4.69, 9.17) is 0 Å². The fourth-order valence-corrected chi connectivity index (χ4v) is 4.24. The molecule has 0 radical (unpaired) electrons. The van der Waals surface area contributed by atoms with E-state index in [-0.39, 0.29) is 11.7 Å². The van der Waals surface area contributed by atoms with Crippen LogP contribution in [0.15, 0.2) is 48.5 Å². The Morgan fingerprint density at radius 1 is 1.11 bits per heavy atom. The molecule has 0 aliphatic heterocycles. The van der Waals surface area contributed by atoms with Crippen molar-refractivity contribution in [3.05, 3.63) is 65.5 Å². The highest BCUT2D eigenvalue weighted by Gasteiger charge is 2.31. The van der Waals surface area contributed by atoms with Crippen LogP contribution >= 0.6 is 0 Å². The predicted octanol–water partition coefficient (Wildman–Crippen LogP) is 3.43. The monoisotopic (exact) mass is 406 g/mol. The Morgan fingerprint density at radius 2 is 1.71 bits per heavy atom. The Hall–Kier alpha value is -2.41. The minimum Gasteiger partial charge on any atom is -0.354 e. The summed E-state index contributed by atoms with van der Waals surface area (Å²) < 4.78 is 38.9. The van der Waals surface area contributed by atoms with Gasteiger partial charge in [0.2, 0.25) is 15.9 Å². The van der Waals surface area contributed by atoms with E-state index in [0.29, 0.717) is 31.5 Å². The van der Waals surface area contributed by atoms with Crippen molar-refractivity contribution < 1.29 is 17.6 Å². The lowest BCUT2D eigenvalue weighted by atomic mass is 10.1. The molecule has 0 spiro atoms. The molecule has 0 heterocycles. The van der Waals surface area contributed by atoms with Gasteiger partial charge >= 0.3 is 0 Å². The van der Waals surface area contributed by atoms with Crippen molar-refractivity contribution >= 4 is 21.6 Å². The molecule has 1 N–H and O–H groups in total. The van der Waals surface area contributed by atoms with Gasteiger partial charge in [0.25, 0.3) is 0 Å². The number of carbonyl (C=O) groups is 1. The number of aryl methyl sites for hydroxylation is 2. The zero-order valence-electron chi connectivity index (χ0n) is 16.5. The molecule has 0 bridgehead atoms. The molecule has 2 rings (SSSR count). The number of sulfonamides is 1. The molecule has 152 valence electrons. The normalized spacial score (nSPS) is 12.4.